The first-order valence-electron chi connectivity index (χ1n) is 9.35. The van der Waals surface area contributed by atoms with Gasteiger partial charge in [0.1, 0.15) is 0 Å². The number of imidazole rings is 1. The van der Waals surface area contributed by atoms with Crippen molar-refractivity contribution in [3.05, 3.63) is 60.2 Å². The minimum absolute atomic E-state index is 0.147. The van der Waals surface area contributed by atoms with E-state index < -0.39 is 0 Å². The summed E-state index contributed by atoms with van der Waals surface area (Å²) in [6, 6.07) is 18.4. The zero-order valence-electron chi connectivity index (χ0n) is 15.5. The lowest BCUT2D eigenvalue weighted by atomic mass is 10.2. The summed E-state index contributed by atoms with van der Waals surface area (Å²) in [6.45, 7) is 6.33. The third-order valence-corrected chi connectivity index (χ3v) is 5.91. The number of rotatable bonds is 5. The fraction of sp³-hybridized carbons (Fsp3) is 0.333. The third-order valence-electron chi connectivity index (χ3n) is 4.94. The molecule has 27 heavy (non-hydrogen) atoms. The Bertz CT molecular complexity index is 870. The van der Waals surface area contributed by atoms with Crippen molar-refractivity contribution >= 4 is 28.7 Å². The van der Waals surface area contributed by atoms with E-state index in [4.69, 9.17) is 0 Å². The highest BCUT2D eigenvalue weighted by molar-refractivity contribution is 8.00. The van der Waals surface area contributed by atoms with Crippen molar-refractivity contribution in [1.82, 2.24) is 19.8 Å². The second-order valence-corrected chi connectivity index (χ2v) is 8.24. The Morgan fingerprint density at radius 3 is 2.52 bits per heavy atom. The minimum Gasteiger partial charge on any atom is -0.339 e. The van der Waals surface area contributed by atoms with Gasteiger partial charge in [-0.2, -0.15) is 0 Å². The van der Waals surface area contributed by atoms with Gasteiger partial charge >= 0.3 is 0 Å². The van der Waals surface area contributed by atoms with Gasteiger partial charge in [0.15, 0.2) is 5.16 Å². The van der Waals surface area contributed by atoms with Gasteiger partial charge in [-0.25, -0.2) is 4.98 Å². The number of carbonyl (C=O) groups excluding carboxylic acids is 1. The molecule has 1 aliphatic heterocycles. The van der Waals surface area contributed by atoms with Gasteiger partial charge in [-0.3, -0.25) is 9.69 Å². The maximum atomic E-state index is 12.8. The number of hydrogen-bond acceptors (Lipinski definition) is 4. The molecule has 0 spiro atoms. The number of piperazine rings is 1. The van der Waals surface area contributed by atoms with Crippen LogP contribution in [-0.4, -0.2) is 57.1 Å². The molecule has 140 valence electrons. The molecule has 1 amide bonds. The first kappa shape index (κ1) is 18.1. The number of nitrogens with one attached hydrogen (secondary N) is 1. The number of benzene rings is 2. The summed E-state index contributed by atoms with van der Waals surface area (Å²) < 4.78 is 0. The van der Waals surface area contributed by atoms with Gasteiger partial charge in [-0.15, -0.1) is 0 Å². The van der Waals surface area contributed by atoms with Crippen LogP contribution in [0.1, 0.15) is 12.5 Å². The van der Waals surface area contributed by atoms with Crippen molar-refractivity contribution in [2.24, 2.45) is 0 Å². The molecule has 1 aliphatic rings. The van der Waals surface area contributed by atoms with Crippen LogP contribution in [0.3, 0.4) is 0 Å². The van der Waals surface area contributed by atoms with E-state index in [0.29, 0.717) is 0 Å². The number of amides is 1. The van der Waals surface area contributed by atoms with Crippen molar-refractivity contribution < 1.29 is 4.79 Å². The van der Waals surface area contributed by atoms with Gasteiger partial charge in [0.2, 0.25) is 5.91 Å². The second-order valence-electron chi connectivity index (χ2n) is 6.91. The maximum absolute atomic E-state index is 12.8. The molecule has 0 saturated carbocycles. The lowest BCUT2D eigenvalue weighted by molar-refractivity contribution is -0.132. The molecule has 1 N–H and O–H groups in total. The number of carbonyl (C=O) groups is 1. The molecule has 0 unspecified atom stereocenters. The molecule has 1 aromatic heterocycles. The van der Waals surface area contributed by atoms with E-state index in [1.54, 1.807) is 0 Å². The number of thioether (sulfide) groups is 1. The molecular weight excluding hydrogens is 356 g/mol. The second kappa shape index (κ2) is 8.15. The zero-order chi connectivity index (χ0) is 18.6. The van der Waals surface area contributed by atoms with Crippen LogP contribution in [0, 0.1) is 0 Å². The molecule has 6 heteroatoms. The number of nitrogens with zero attached hydrogens (tertiary/aromatic N) is 3. The maximum Gasteiger partial charge on any atom is 0.235 e. The molecule has 2 aromatic carbocycles. The standard InChI is InChI=1S/C21H24N4OS/c1-16(27-21-22-18-9-5-6-10-19(18)23-21)20(26)25-13-11-24(12-14-25)15-17-7-3-2-4-8-17/h2-10,16H,11-15H2,1H3,(H,22,23)/t16-/m1/s1. The minimum atomic E-state index is -0.147. The van der Waals surface area contributed by atoms with Crippen LogP contribution in [0.4, 0.5) is 0 Å². The Morgan fingerprint density at radius 2 is 1.78 bits per heavy atom. The van der Waals surface area contributed by atoms with E-state index in [1.165, 1.54) is 17.3 Å². The Morgan fingerprint density at radius 1 is 1.07 bits per heavy atom. The van der Waals surface area contributed by atoms with Crippen LogP contribution in [0.25, 0.3) is 11.0 Å². The number of hydrogen-bond donors (Lipinski definition) is 1. The van der Waals surface area contributed by atoms with Crippen molar-refractivity contribution in [1.29, 1.82) is 0 Å². The van der Waals surface area contributed by atoms with Gasteiger partial charge in [-0.05, 0) is 24.6 Å². The number of para-hydroxylation sites is 2. The first-order valence-corrected chi connectivity index (χ1v) is 10.2. The van der Waals surface area contributed by atoms with E-state index >= 15 is 0 Å². The summed E-state index contributed by atoms with van der Waals surface area (Å²) >= 11 is 1.50. The predicted octanol–water partition coefficient (Wildman–Crippen LogP) is 3.39. The van der Waals surface area contributed by atoms with Gasteiger partial charge in [-0.1, -0.05) is 54.2 Å². The monoisotopic (exact) mass is 380 g/mol. The van der Waals surface area contributed by atoms with Crippen LogP contribution in [0.2, 0.25) is 0 Å². The van der Waals surface area contributed by atoms with Gasteiger partial charge in [0.05, 0.1) is 16.3 Å². The molecule has 5 nitrogen and oxygen atoms in total. The SMILES string of the molecule is C[C@@H](Sc1nc2ccccc2[nH]1)C(=O)N1CCN(Cc2ccccc2)CC1. The van der Waals surface area contributed by atoms with E-state index in [9.17, 15) is 4.79 Å². The van der Waals surface area contributed by atoms with E-state index in [0.717, 1.165) is 48.9 Å². The highest BCUT2D eigenvalue weighted by Gasteiger charge is 2.26. The van der Waals surface area contributed by atoms with Crippen LogP contribution >= 0.6 is 11.8 Å². The van der Waals surface area contributed by atoms with Gasteiger partial charge in [0, 0.05) is 32.7 Å². The zero-order valence-corrected chi connectivity index (χ0v) is 16.3. The number of H-pyrrole nitrogens is 1. The summed E-state index contributed by atoms with van der Waals surface area (Å²) in [6.07, 6.45) is 0. The molecule has 4 rings (SSSR count). The third kappa shape index (κ3) is 4.34. The largest absolute Gasteiger partial charge is 0.339 e. The average molecular weight is 381 g/mol. The molecular formula is C21H24N4OS. The number of aromatic amines is 1. The highest BCUT2D eigenvalue weighted by atomic mass is 32.2. The van der Waals surface area contributed by atoms with Crippen molar-refractivity contribution in [2.75, 3.05) is 26.2 Å². The molecule has 0 aliphatic carbocycles. The summed E-state index contributed by atoms with van der Waals surface area (Å²) in [5.41, 5.74) is 3.27. The fourth-order valence-electron chi connectivity index (χ4n) is 3.43. The van der Waals surface area contributed by atoms with Crippen LogP contribution < -0.4 is 0 Å². The van der Waals surface area contributed by atoms with Crippen LogP contribution in [-0.2, 0) is 11.3 Å². The molecule has 1 atom stereocenters. The number of fused-ring (bicyclic) bond motifs is 1. The van der Waals surface area contributed by atoms with Crippen LogP contribution in [0.5, 0.6) is 0 Å². The summed E-state index contributed by atoms with van der Waals surface area (Å²) in [4.78, 5) is 25.1. The summed E-state index contributed by atoms with van der Waals surface area (Å²) in [5.74, 6) is 0.194. The molecule has 0 radical (unpaired) electrons. The fourth-order valence-corrected chi connectivity index (χ4v) is 4.33. The molecule has 1 saturated heterocycles. The topological polar surface area (TPSA) is 52.2 Å². The van der Waals surface area contributed by atoms with Gasteiger partial charge < -0.3 is 9.88 Å². The molecule has 3 aromatic rings. The molecule has 1 fully saturated rings. The average Bonchev–Trinajstić information content (AvgIpc) is 3.11. The van der Waals surface area contributed by atoms with E-state index in [-0.39, 0.29) is 11.2 Å². The van der Waals surface area contributed by atoms with E-state index in [1.807, 2.05) is 42.2 Å². The Hall–Kier alpha value is -2.31. The normalized spacial score (nSPS) is 16.6. The highest BCUT2D eigenvalue weighted by Crippen LogP contribution is 2.25. The quantitative estimate of drug-likeness (QED) is 0.690. The molecule has 0 bridgehead atoms. The molecule has 2 heterocycles. The van der Waals surface area contributed by atoms with Crippen LogP contribution in [0.15, 0.2) is 59.8 Å². The Kier molecular flexibility index (Phi) is 5.45. The Labute approximate surface area is 163 Å². The summed E-state index contributed by atoms with van der Waals surface area (Å²) in [5, 5.41) is 0.658. The van der Waals surface area contributed by atoms with Crippen molar-refractivity contribution in [2.45, 2.75) is 23.9 Å². The van der Waals surface area contributed by atoms with Crippen molar-refractivity contribution in [3.8, 4) is 0 Å². The summed E-state index contributed by atoms with van der Waals surface area (Å²) in [7, 11) is 0. The van der Waals surface area contributed by atoms with Crippen molar-refractivity contribution in [3.63, 3.8) is 0 Å². The smallest absolute Gasteiger partial charge is 0.235 e. The van der Waals surface area contributed by atoms with Gasteiger partial charge in [0.25, 0.3) is 0 Å². The first-order chi connectivity index (χ1) is 13.2. The lowest BCUT2D eigenvalue weighted by Crippen LogP contribution is -2.50. The lowest BCUT2D eigenvalue weighted by Gasteiger charge is -2.35. The number of aromatic nitrogens is 2. The Balaban J connectivity index is 1.30. The van der Waals surface area contributed by atoms with E-state index in [2.05, 4.69) is 39.1 Å². The predicted molar refractivity (Wildman–Crippen MR) is 110 cm³/mol.